The van der Waals surface area contributed by atoms with Gasteiger partial charge in [-0.15, -0.1) is 0 Å². The van der Waals surface area contributed by atoms with E-state index in [0.29, 0.717) is 11.3 Å². The molecule has 5 nitrogen and oxygen atoms in total. The number of carbonyl (C=O) groups is 3. The summed E-state index contributed by atoms with van der Waals surface area (Å²) in [4.78, 5) is 37.4. The predicted octanol–water partition coefficient (Wildman–Crippen LogP) is 3.63. The quantitative estimate of drug-likeness (QED) is 0.581. The summed E-state index contributed by atoms with van der Waals surface area (Å²) in [6, 6.07) is 7.78. The molecule has 1 aliphatic heterocycles. The lowest BCUT2D eigenvalue weighted by Gasteiger charge is -2.14. The molecule has 0 bridgehead atoms. The number of benzene rings is 1. The molecule has 128 valence electrons. The number of nitrogens with zero attached hydrogens (tertiary/aromatic N) is 1. The van der Waals surface area contributed by atoms with Crippen molar-refractivity contribution in [3.05, 3.63) is 40.3 Å². The molecular formula is C18H21NO4S. The van der Waals surface area contributed by atoms with Gasteiger partial charge in [0.05, 0.1) is 11.0 Å². The Hall–Kier alpha value is -2.08. The highest BCUT2D eigenvalue weighted by Gasteiger charge is 2.36. The molecular weight excluding hydrogens is 326 g/mol. The fraction of sp³-hybridized carbons (Fsp3) is 0.389. The number of hydrogen-bond acceptors (Lipinski definition) is 5. The number of amides is 2. The van der Waals surface area contributed by atoms with E-state index in [-0.39, 0.29) is 12.6 Å². The van der Waals surface area contributed by atoms with Gasteiger partial charge in [-0.2, -0.15) is 0 Å². The van der Waals surface area contributed by atoms with Gasteiger partial charge in [0, 0.05) is 0 Å². The molecule has 0 radical (unpaired) electrons. The first-order chi connectivity index (χ1) is 11.4. The molecule has 0 N–H and O–H groups in total. The normalized spacial score (nSPS) is 17.5. The van der Waals surface area contributed by atoms with Crippen molar-refractivity contribution < 1.29 is 19.1 Å². The molecule has 1 heterocycles. The lowest BCUT2D eigenvalue weighted by molar-refractivity contribution is -0.150. The van der Waals surface area contributed by atoms with Crippen LogP contribution < -0.4 is 0 Å². The largest absolute Gasteiger partial charge is 0.461 e. The third-order valence-electron chi connectivity index (χ3n) is 3.75. The van der Waals surface area contributed by atoms with Gasteiger partial charge in [-0.3, -0.25) is 19.3 Å². The minimum Gasteiger partial charge on any atom is -0.461 e. The summed E-state index contributed by atoms with van der Waals surface area (Å²) in [5, 5.41) is -0.447. The highest BCUT2D eigenvalue weighted by molar-refractivity contribution is 8.18. The van der Waals surface area contributed by atoms with Gasteiger partial charge in [-0.05, 0) is 48.7 Å². The molecule has 24 heavy (non-hydrogen) atoms. The minimum absolute atomic E-state index is 0.231. The van der Waals surface area contributed by atoms with Gasteiger partial charge < -0.3 is 4.74 Å². The van der Waals surface area contributed by atoms with Crippen molar-refractivity contribution in [1.29, 1.82) is 0 Å². The van der Waals surface area contributed by atoms with Crippen LogP contribution in [-0.2, 0) is 20.7 Å². The Balaban J connectivity index is 2.07. The fourth-order valence-electron chi connectivity index (χ4n) is 2.11. The maximum Gasteiger partial charge on any atom is 0.326 e. The molecule has 1 fully saturated rings. The van der Waals surface area contributed by atoms with E-state index in [1.54, 1.807) is 13.0 Å². The molecule has 0 aliphatic carbocycles. The number of thioether (sulfide) groups is 1. The second kappa shape index (κ2) is 8.15. The molecule has 6 heteroatoms. The van der Waals surface area contributed by atoms with Gasteiger partial charge in [0.2, 0.25) is 0 Å². The zero-order valence-electron chi connectivity index (χ0n) is 14.1. The lowest BCUT2D eigenvalue weighted by atomic mass is 10.1. The van der Waals surface area contributed by atoms with Crippen molar-refractivity contribution in [2.45, 2.75) is 39.7 Å². The molecule has 0 aromatic heterocycles. The number of ether oxygens (including phenoxy) is 1. The van der Waals surface area contributed by atoms with Gasteiger partial charge in [0.25, 0.3) is 11.1 Å². The van der Waals surface area contributed by atoms with Crippen LogP contribution >= 0.6 is 11.8 Å². The second-order valence-electron chi connectivity index (χ2n) is 5.57. The van der Waals surface area contributed by atoms with Crippen molar-refractivity contribution >= 4 is 35.0 Å². The first-order valence-electron chi connectivity index (χ1n) is 7.98. The lowest BCUT2D eigenvalue weighted by Crippen LogP contribution is -2.35. The maximum atomic E-state index is 12.3. The van der Waals surface area contributed by atoms with Crippen LogP contribution in [0.2, 0.25) is 0 Å². The number of rotatable bonds is 6. The minimum atomic E-state index is -0.569. The maximum absolute atomic E-state index is 12.3. The van der Waals surface area contributed by atoms with Gasteiger partial charge >= 0.3 is 5.97 Å². The first kappa shape index (κ1) is 18.3. The summed E-state index contributed by atoms with van der Waals surface area (Å²) in [5.74, 6) is -1.02. The monoisotopic (exact) mass is 347 g/mol. The zero-order valence-corrected chi connectivity index (χ0v) is 14.9. The summed E-state index contributed by atoms with van der Waals surface area (Å²) < 4.78 is 5.12. The van der Waals surface area contributed by atoms with E-state index < -0.39 is 17.1 Å². The van der Waals surface area contributed by atoms with Gasteiger partial charge in [0.15, 0.2) is 0 Å². The van der Waals surface area contributed by atoms with E-state index in [4.69, 9.17) is 4.74 Å². The second-order valence-corrected chi connectivity index (χ2v) is 6.56. The van der Waals surface area contributed by atoms with E-state index in [0.717, 1.165) is 28.6 Å². The number of hydrogen-bond donors (Lipinski definition) is 0. The predicted molar refractivity (Wildman–Crippen MR) is 94.3 cm³/mol. The van der Waals surface area contributed by atoms with Crippen LogP contribution in [0.5, 0.6) is 0 Å². The molecule has 1 atom stereocenters. The van der Waals surface area contributed by atoms with E-state index in [9.17, 15) is 14.4 Å². The number of esters is 1. The Morgan fingerprint density at radius 3 is 2.50 bits per heavy atom. The Morgan fingerprint density at radius 1 is 1.25 bits per heavy atom. The molecule has 0 spiro atoms. The Kier molecular flexibility index (Phi) is 6.20. The summed E-state index contributed by atoms with van der Waals surface area (Å²) in [6.07, 6.45) is 3.06. The average Bonchev–Trinajstić information content (AvgIpc) is 2.83. The topological polar surface area (TPSA) is 63.7 Å². The molecule has 2 rings (SSSR count). The molecule has 0 unspecified atom stereocenters. The van der Waals surface area contributed by atoms with Crippen molar-refractivity contribution in [3.8, 4) is 0 Å². The summed E-state index contributed by atoms with van der Waals surface area (Å²) in [6.45, 7) is 5.39. The van der Waals surface area contributed by atoms with Crippen LogP contribution in [-0.4, -0.2) is 34.7 Å². The SMILES string of the molecule is CCc1ccc(/C=C2\SC(=O)N(CC(=O)O[C@H](C)CC)C2=O)cc1. The van der Waals surface area contributed by atoms with E-state index >= 15 is 0 Å². The summed E-state index contributed by atoms with van der Waals surface area (Å²) in [7, 11) is 0. The molecule has 2 amide bonds. The van der Waals surface area contributed by atoms with E-state index in [2.05, 4.69) is 6.92 Å². The van der Waals surface area contributed by atoms with Gasteiger partial charge in [0.1, 0.15) is 6.54 Å². The van der Waals surface area contributed by atoms with Gasteiger partial charge in [-0.25, -0.2) is 0 Å². The van der Waals surface area contributed by atoms with Crippen LogP contribution in [0.25, 0.3) is 6.08 Å². The van der Waals surface area contributed by atoms with Crippen LogP contribution in [0.15, 0.2) is 29.2 Å². The molecule has 1 aromatic carbocycles. The van der Waals surface area contributed by atoms with E-state index in [1.807, 2.05) is 31.2 Å². The third-order valence-corrected chi connectivity index (χ3v) is 4.66. The number of imide groups is 1. The number of aryl methyl sites for hydroxylation is 1. The highest BCUT2D eigenvalue weighted by Crippen LogP contribution is 2.32. The van der Waals surface area contributed by atoms with E-state index in [1.165, 1.54) is 5.56 Å². The van der Waals surface area contributed by atoms with Crippen LogP contribution in [0, 0.1) is 0 Å². The Bertz CT molecular complexity index is 666. The van der Waals surface area contributed by atoms with Crippen molar-refractivity contribution in [1.82, 2.24) is 4.90 Å². The Morgan fingerprint density at radius 2 is 1.92 bits per heavy atom. The van der Waals surface area contributed by atoms with Gasteiger partial charge in [-0.1, -0.05) is 38.1 Å². The van der Waals surface area contributed by atoms with Crippen molar-refractivity contribution in [2.75, 3.05) is 6.54 Å². The Labute approximate surface area is 146 Å². The molecule has 1 saturated heterocycles. The highest BCUT2D eigenvalue weighted by atomic mass is 32.2. The molecule has 0 saturated carbocycles. The van der Waals surface area contributed by atoms with Crippen LogP contribution in [0.4, 0.5) is 4.79 Å². The summed E-state index contributed by atoms with van der Waals surface area (Å²) >= 11 is 0.844. The van der Waals surface area contributed by atoms with Crippen molar-refractivity contribution in [3.63, 3.8) is 0 Å². The van der Waals surface area contributed by atoms with Crippen molar-refractivity contribution in [2.24, 2.45) is 0 Å². The zero-order chi connectivity index (χ0) is 17.7. The van der Waals surface area contributed by atoms with Crippen LogP contribution in [0.1, 0.15) is 38.3 Å². The molecule has 1 aromatic rings. The standard InChI is InChI=1S/C18H21NO4S/c1-4-12(3)23-16(20)11-19-17(21)15(24-18(19)22)10-14-8-6-13(5-2)7-9-14/h6-10,12H,4-5,11H2,1-3H3/b15-10-/t12-/m1/s1. The number of carbonyl (C=O) groups excluding carboxylic acids is 3. The first-order valence-corrected chi connectivity index (χ1v) is 8.80. The summed E-state index contributed by atoms with van der Waals surface area (Å²) in [5.41, 5.74) is 2.05. The fourth-order valence-corrected chi connectivity index (χ4v) is 2.95. The smallest absolute Gasteiger partial charge is 0.326 e. The average molecular weight is 347 g/mol. The third kappa shape index (κ3) is 4.47. The van der Waals surface area contributed by atoms with Crippen LogP contribution in [0.3, 0.4) is 0 Å². The molecule has 1 aliphatic rings.